The van der Waals surface area contributed by atoms with Gasteiger partial charge in [-0.05, 0) is 24.6 Å². The number of imidazole rings is 1. The van der Waals surface area contributed by atoms with Crippen LogP contribution in [0.5, 0.6) is 0 Å². The highest BCUT2D eigenvalue weighted by atomic mass is 19.4. The molecule has 0 amide bonds. The van der Waals surface area contributed by atoms with E-state index >= 15 is 0 Å². The fraction of sp³-hybridized carbons (Fsp3) is 0.364. The number of hydrogen-bond acceptors (Lipinski definition) is 2. The molecule has 0 aliphatic heterocycles. The molecule has 2 rings (SSSR count). The number of nitrogens with one attached hydrogen (secondary N) is 2. The smallest absolute Gasteiger partial charge is 0.356 e. The second kappa shape index (κ2) is 4.83. The van der Waals surface area contributed by atoms with Crippen LogP contribution in [-0.2, 0) is 0 Å². The first-order valence-electron chi connectivity index (χ1n) is 5.40. The quantitative estimate of drug-likeness (QED) is 0.653. The Morgan fingerprint density at radius 3 is 2.78 bits per heavy atom. The lowest BCUT2D eigenvalue weighted by atomic mass is 10.3. The summed E-state index contributed by atoms with van der Waals surface area (Å²) in [6, 6.07) is 4.06. The van der Waals surface area contributed by atoms with Crippen LogP contribution in [0.2, 0.25) is 0 Å². The van der Waals surface area contributed by atoms with Gasteiger partial charge in [-0.1, -0.05) is 0 Å². The minimum absolute atomic E-state index is 0.0328. The van der Waals surface area contributed by atoms with Crippen LogP contribution >= 0.6 is 0 Å². The molecule has 1 aromatic carbocycles. The lowest BCUT2D eigenvalue weighted by molar-refractivity contribution is -0.134. The van der Waals surface area contributed by atoms with Crippen LogP contribution < -0.4 is 5.32 Å². The summed E-state index contributed by atoms with van der Waals surface area (Å²) in [5, 5.41) is 2.74. The Labute approximate surface area is 100 Å². The molecule has 0 radical (unpaired) electrons. The number of H-pyrrole nitrogens is 1. The van der Waals surface area contributed by atoms with Gasteiger partial charge in [0.15, 0.2) is 0 Å². The van der Waals surface area contributed by atoms with Gasteiger partial charge in [-0.3, -0.25) is 0 Å². The molecule has 3 nitrogen and oxygen atoms in total. The topological polar surface area (TPSA) is 40.7 Å². The van der Waals surface area contributed by atoms with Crippen LogP contribution in [0.1, 0.15) is 12.8 Å². The molecule has 2 aromatic rings. The first kappa shape index (κ1) is 12.7. The maximum atomic E-state index is 12.9. The van der Waals surface area contributed by atoms with Crippen LogP contribution in [0.25, 0.3) is 11.0 Å². The average molecular weight is 261 g/mol. The number of aromatic nitrogens is 2. The van der Waals surface area contributed by atoms with Crippen LogP contribution in [0.3, 0.4) is 0 Å². The average Bonchev–Trinajstić information content (AvgIpc) is 2.65. The number of anilines is 1. The molecule has 0 saturated carbocycles. The van der Waals surface area contributed by atoms with Crippen LogP contribution in [0.4, 0.5) is 23.5 Å². The zero-order valence-electron chi connectivity index (χ0n) is 9.31. The number of alkyl halides is 3. The van der Waals surface area contributed by atoms with E-state index < -0.39 is 18.4 Å². The summed E-state index contributed by atoms with van der Waals surface area (Å²) in [6.45, 7) is 0.155. The number of rotatable bonds is 4. The molecule has 7 heteroatoms. The van der Waals surface area contributed by atoms with E-state index in [-0.39, 0.29) is 13.0 Å². The van der Waals surface area contributed by atoms with Gasteiger partial charge in [-0.15, -0.1) is 0 Å². The molecule has 0 aliphatic rings. The summed E-state index contributed by atoms with van der Waals surface area (Å²) in [5.74, 6) is -0.0486. The molecule has 0 bridgehead atoms. The Morgan fingerprint density at radius 1 is 1.28 bits per heavy atom. The third-order valence-electron chi connectivity index (χ3n) is 2.37. The van der Waals surface area contributed by atoms with Crippen molar-refractivity contribution in [3.63, 3.8) is 0 Å². The van der Waals surface area contributed by atoms with Crippen molar-refractivity contribution in [1.29, 1.82) is 0 Å². The van der Waals surface area contributed by atoms with E-state index in [2.05, 4.69) is 15.3 Å². The van der Waals surface area contributed by atoms with E-state index in [0.29, 0.717) is 17.0 Å². The van der Waals surface area contributed by atoms with Gasteiger partial charge in [0.05, 0.1) is 11.0 Å². The van der Waals surface area contributed by atoms with Crippen molar-refractivity contribution in [2.75, 3.05) is 11.9 Å². The standard InChI is InChI=1S/C11H11F4N3/c12-7-2-3-8-9(6-7)18-10(17-8)16-5-1-4-11(13,14)15/h2-3,6H,1,4-5H2,(H2,16,17,18). The number of fused-ring (bicyclic) bond motifs is 1. The van der Waals surface area contributed by atoms with Gasteiger partial charge in [0, 0.05) is 13.0 Å². The van der Waals surface area contributed by atoms with Gasteiger partial charge >= 0.3 is 6.18 Å². The van der Waals surface area contributed by atoms with E-state index in [4.69, 9.17) is 0 Å². The predicted octanol–water partition coefficient (Wildman–Crippen LogP) is 3.46. The zero-order valence-corrected chi connectivity index (χ0v) is 9.31. The van der Waals surface area contributed by atoms with Crippen LogP contribution in [0, 0.1) is 5.82 Å². The highest BCUT2D eigenvalue weighted by molar-refractivity contribution is 5.77. The van der Waals surface area contributed by atoms with Gasteiger partial charge in [0.1, 0.15) is 5.82 Å². The molecule has 0 aliphatic carbocycles. The lowest BCUT2D eigenvalue weighted by Gasteiger charge is -2.05. The largest absolute Gasteiger partial charge is 0.389 e. The highest BCUT2D eigenvalue weighted by Gasteiger charge is 2.25. The van der Waals surface area contributed by atoms with Crippen molar-refractivity contribution in [2.45, 2.75) is 19.0 Å². The monoisotopic (exact) mass is 261 g/mol. The molecule has 0 spiro atoms. The minimum atomic E-state index is -4.14. The number of hydrogen-bond donors (Lipinski definition) is 2. The minimum Gasteiger partial charge on any atom is -0.356 e. The molecule has 98 valence electrons. The Kier molecular flexibility index (Phi) is 3.40. The summed E-state index contributed by atoms with van der Waals surface area (Å²) >= 11 is 0. The first-order chi connectivity index (χ1) is 8.44. The zero-order chi connectivity index (χ0) is 13.2. The molecular formula is C11H11F4N3. The van der Waals surface area contributed by atoms with Crippen molar-refractivity contribution < 1.29 is 17.6 Å². The van der Waals surface area contributed by atoms with Crippen molar-refractivity contribution in [1.82, 2.24) is 9.97 Å². The normalized spacial score (nSPS) is 12.0. The third kappa shape index (κ3) is 3.35. The van der Waals surface area contributed by atoms with E-state index in [1.54, 1.807) is 0 Å². The maximum Gasteiger partial charge on any atom is 0.389 e. The predicted molar refractivity (Wildman–Crippen MR) is 59.8 cm³/mol. The van der Waals surface area contributed by atoms with Gasteiger partial charge in [0.25, 0.3) is 0 Å². The Balaban J connectivity index is 1.92. The Hall–Kier alpha value is -1.79. The van der Waals surface area contributed by atoms with Crippen molar-refractivity contribution in [3.05, 3.63) is 24.0 Å². The SMILES string of the molecule is Fc1ccc2nc(NCCCC(F)(F)F)[nH]c2c1. The van der Waals surface area contributed by atoms with E-state index in [1.165, 1.54) is 18.2 Å². The van der Waals surface area contributed by atoms with Crippen LogP contribution in [0.15, 0.2) is 18.2 Å². The second-order valence-electron chi connectivity index (χ2n) is 3.89. The molecule has 0 atom stereocenters. The number of nitrogens with zero attached hydrogens (tertiary/aromatic N) is 1. The van der Waals surface area contributed by atoms with E-state index in [1.807, 2.05) is 0 Å². The van der Waals surface area contributed by atoms with Crippen molar-refractivity contribution in [3.8, 4) is 0 Å². The number of halogens is 4. The van der Waals surface area contributed by atoms with Gasteiger partial charge in [0.2, 0.25) is 5.95 Å². The van der Waals surface area contributed by atoms with E-state index in [9.17, 15) is 17.6 Å². The fourth-order valence-corrected chi connectivity index (χ4v) is 1.56. The van der Waals surface area contributed by atoms with Gasteiger partial charge in [-0.2, -0.15) is 13.2 Å². The number of benzene rings is 1. The van der Waals surface area contributed by atoms with Crippen molar-refractivity contribution in [2.24, 2.45) is 0 Å². The first-order valence-corrected chi connectivity index (χ1v) is 5.40. The summed E-state index contributed by atoms with van der Waals surface area (Å²) in [7, 11) is 0. The summed E-state index contributed by atoms with van der Waals surface area (Å²) in [6.07, 6.45) is -5.01. The summed E-state index contributed by atoms with van der Waals surface area (Å²) in [5.41, 5.74) is 1.07. The second-order valence-corrected chi connectivity index (χ2v) is 3.89. The molecule has 0 saturated heterocycles. The highest BCUT2D eigenvalue weighted by Crippen LogP contribution is 2.21. The summed E-state index contributed by atoms with van der Waals surface area (Å²) < 4.78 is 48.6. The molecule has 0 unspecified atom stereocenters. The molecule has 18 heavy (non-hydrogen) atoms. The van der Waals surface area contributed by atoms with E-state index in [0.717, 1.165) is 0 Å². The number of aromatic amines is 1. The Bertz CT molecular complexity index is 533. The van der Waals surface area contributed by atoms with Gasteiger partial charge in [-0.25, -0.2) is 9.37 Å². The molecule has 1 heterocycles. The lowest BCUT2D eigenvalue weighted by Crippen LogP contribution is -2.11. The van der Waals surface area contributed by atoms with Gasteiger partial charge < -0.3 is 10.3 Å². The molecule has 1 aromatic heterocycles. The fourth-order valence-electron chi connectivity index (χ4n) is 1.56. The van der Waals surface area contributed by atoms with Crippen molar-refractivity contribution >= 4 is 17.0 Å². The maximum absolute atomic E-state index is 12.9. The molecule has 2 N–H and O–H groups in total. The molecular weight excluding hydrogens is 250 g/mol. The molecule has 0 fully saturated rings. The third-order valence-corrected chi connectivity index (χ3v) is 2.37. The Morgan fingerprint density at radius 2 is 2.06 bits per heavy atom. The van der Waals surface area contributed by atoms with Crippen LogP contribution in [-0.4, -0.2) is 22.7 Å². The summed E-state index contributed by atoms with van der Waals surface area (Å²) in [4.78, 5) is 6.86.